The van der Waals surface area contributed by atoms with Gasteiger partial charge in [0.15, 0.2) is 11.7 Å². The van der Waals surface area contributed by atoms with Gasteiger partial charge in [0.2, 0.25) is 5.91 Å². The van der Waals surface area contributed by atoms with Crippen molar-refractivity contribution in [3.05, 3.63) is 52.7 Å². The van der Waals surface area contributed by atoms with Gasteiger partial charge in [0, 0.05) is 36.8 Å². The Kier molecular flexibility index (Phi) is 6.94. The maximum atomic E-state index is 12.1. The van der Waals surface area contributed by atoms with Crippen molar-refractivity contribution in [3.8, 4) is 0 Å². The number of amides is 1. The van der Waals surface area contributed by atoms with Crippen LogP contribution >= 0.6 is 0 Å². The fourth-order valence-electron chi connectivity index (χ4n) is 2.66. The Morgan fingerprint density at radius 1 is 1.07 bits per heavy atom. The Morgan fingerprint density at radius 3 is 2.33 bits per heavy atom. The lowest BCUT2D eigenvalue weighted by Crippen LogP contribution is -2.25. The molecule has 1 amide bonds. The second kappa shape index (κ2) is 8.98. The van der Waals surface area contributed by atoms with Gasteiger partial charge in [-0.25, -0.2) is 4.98 Å². The lowest BCUT2D eigenvalue weighted by Gasteiger charge is -2.12. The molecule has 0 aliphatic rings. The van der Waals surface area contributed by atoms with Gasteiger partial charge >= 0.3 is 0 Å². The molecule has 0 spiro atoms. The van der Waals surface area contributed by atoms with Crippen LogP contribution in [-0.4, -0.2) is 23.2 Å². The third-order valence-electron chi connectivity index (χ3n) is 4.39. The van der Waals surface area contributed by atoms with Crippen LogP contribution in [0.1, 0.15) is 73.3 Å². The molecule has 0 aliphatic carbocycles. The number of carbonyl (C=O) groups excluding carboxylic acids is 2. The second-order valence-electron chi connectivity index (χ2n) is 8.02. The predicted molar refractivity (Wildman–Crippen MR) is 106 cm³/mol. The summed E-state index contributed by atoms with van der Waals surface area (Å²) in [7, 11) is 0. The number of aromatic nitrogens is 1. The first-order valence-corrected chi connectivity index (χ1v) is 9.50. The molecule has 0 fully saturated rings. The molecule has 27 heavy (non-hydrogen) atoms. The first kappa shape index (κ1) is 20.9. The Hall–Kier alpha value is -2.43. The highest BCUT2D eigenvalue weighted by molar-refractivity contribution is 5.97. The first-order valence-electron chi connectivity index (χ1n) is 9.50. The summed E-state index contributed by atoms with van der Waals surface area (Å²) < 4.78 is 5.85. The number of hydrogen-bond donors (Lipinski definition) is 1. The second-order valence-corrected chi connectivity index (χ2v) is 8.02. The minimum atomic E-state index is -0.110. The monoisotopic (exact) mass is 370 g/mol. The maximum Gasteiger partial charge on any atom is 0.220 e. The summed E-state index contributed by atoms with van der Waals surface area (Å²) in [5.74, 6) is 1.52. The predicted octanol–water partition coefficient (Wildman–Crippen LogP) is 4.30. The molecule has 2 rings (SSSR count). The van der Waals surface area contributed by atoms with Crippen LogP contribution in [0.5, 0.6) is 0 Å². The third-order valence-corrected chi connectivity index (χ3v) is 4.39. The first-order chi connectivity index (χ1) is 12.7. The summed E-state index contributed by atoms with van der Waals surface area (Å²) in [4.78, 5) is 28.5. The van der Waals surface area contributed by atoms with Crippen molar-refractivity contribution in [3.63, 3.8) is 0 Å². The lowest BCUT2D eigenvalue weighted by molar-refractivity contribution is -0.121. The van der Waals surface area contributed by atoms with Crippen LogP contribution in [0, 0.1) is 13.8 Å². The van der Waals surface area contributed by atoms with E-state index in [0.717, 1.165) is 35.7 Å². The van der Waals surface area contributed by atoms with Crippen molar-refractivity contribution in [2.24, 2.45) is 0 Å². The van der Waals surface area contributed by atoms with E-state index in [1.165, 1.54) is 0 Å². The van der Waals surface area contributed by atoms with Gasteiger partial charge in [-0.15, -0.1) is 0 Å². The van der Waals surface area contributed by atoms with E-state index in [1.807, 2.05) is 26.0 Å². The Balaban J connectivity index is 1.70. The van der Waals surface area contributed by atoms with E-state index in [1.54, 1.807) is 12.1 Å². The average Bonchev–Trinajstić information content (AvgIpc) is 2.98. The van der Waals surface area contributed by atoms with Gasteiger partial charge in [-0.05, 0) is 20.3 Å². The summed E-state index contributed by atoms with van der Waals surface area (Å²) in [5, 5.41) is 2.87. The molecular weight excluding hydrogens is 340 g/mol. The fourth-order valence-corrected chi connectivity index (χ4v) is 2.66. The van der Waals surface area contributed by atoms with E-state index >= 15 is 0 Å². The molecule has 1 aromatic heterocycles. The van der Waals surface area contributed by atoms with Gasteiger partial charge in [-0.3, -0.25) is 9.59 Å². The third kappa shape index (κ3) is 6.35. The quantitative estimate of drug-likeness (QED) is 0.555. The van der Waals surface area contributed by atoms with Crippen LogP contribution in [0.4, 0.5) is 0 Å². The maximum absolute atomic E-state index is 12.1. The summed E-state index contributed by atoms with van der Waals surface area (Å²) in [6, 6.07) is 7.43. The van der Waals surface area contributed by atoms with Crippen molar-refractivity contribution in [1.29, 1.82) is 0 Å². The summed E-state index contributed by atoms with van der Waals surface area (Å²) in [6.07, 6.45) is 1.95. The van der Waals surface area contributed by atoms with Gasteiger partial charge in [0.05, 0.1) is 5.69 Å². The number of Topliss-reactive ketones (excluding diaryl/α,β-unsaturated/α-hetero) is 1. The molecule has 0 bridgehead atoms. The van der Waals surface area contributed by atoms with E-state index in [9.17, 15) is 9.59 Å². The molecule has 0 aliphatic heterocycles. The molecule has 0 atom stereocenters. The minimum Gasteiger partial charge on any atom is -0.445 e. The molecular formula is C22H30N2O3. The fraction of sp³-hybridized carbons (Fsp3) is 0.500. The molecule has 0 saturated heterocycles. The zero-order valence-electron chi connectivity index (χ0n) is 17.0. The minimum absolute atomic E-state index is 0.00264. The van der Waals surface area contributed by atoms with Gasteiger partial charge in [0.25, 0.3) is 0 Å². The van der Waals surface area contributed by atoms with Crippen molar-refractivity contribution in [2.45, 2.75) is 65.7 Å². The molecule has 0 radical (unpaired) electrons. The van der Waals surface area contributed by atoms with Crippen molar-refractivity contribution in [1.82, 2.24) is 10.3 Å². The van der Waals surface area contributed by atoms with Crippen molar-refractivity contribution >= 4 is 11.7 Å². The Labute approximate surface area is 161 Å². The summed E-state index contributed by atoms with van der Waals surface area (Å²) in [6.45, 7) is 10.7. The highest BCUT2D eigenvalue weighted by Gasteiger charge is 2.22. The smallest absolute Gasteiger partial charge is 0.220 e. The van der Waals surface area contributed by atoms with Crippen LogP contribution in [-0.2, 0) is 16.6 Å². The highest BCUT2D eigenvalue weighted by Crippen LogP contribution is 2.24. The van der Waals surface area contributed by atoms with E-state index in [0.29, 0.717) is 12.1 Å². The molecule has 2 aromatic rings. The van der Waals surface area contributed by atoms with E-state index < -0.39 is 0 Å². The number of benzene rings is 1. The van der Waals surface area contributed by atoms with Crippen molar-refractivity contribution < 1.29 is 14.0 Å². The van der Waals surface area contributed by atoms with Crippen LogP contribution < -0.4 is 5.32 Å². The number of ketones is 1. The molecule has 0 saturated carbocycles. The Bertz CT molecular complexity index is 783. The number of nitrogens with zero attached hydrogens (tertiary/aromatic N) is 1. The molecule has 5 heteroatoms. The highest BCUT2D eigenvalue weighted by atomic mass is 16.4. The zero-order chi connectivity index (χ0) is 20.0. The van der Waals surface area contributed by atoms with Gasteiger partial charge < -0.3 is 9.73 Å². The van der Waals surface area contributed by atoms with Crippen LogP contribution in [0.25, 0.3) is 0 Å². The van der Waals surface area contributed by atoms with Gasteiger partial charge in [-0.1, -0.05) is 50.6 Å². The topological polar surface area (TPSA) is 72.2 Å². The molecule has 1 N–H and O–H groups in total. The van der Waals surface area contributed by atoms with E-state index in [-0.39, 0.29) is 29.9 Å². The molecule has 5 nitrogen and oxygen atoms in total. The summed E-state index contributed by atoms with van der Waals surface area (Å²) in [5.41, 5.74) is 2.57. The number of hydrogen-bond acceptors (Lipinski definition) is 4. The van der Waals surface area contributed by atoms with Crippen LogP contribution in [0.2, 0.25) is 0 Å². The van der Waals surface area contributed by atoms with Crippen LogP contribution in [0.15, 0.2) is 28.7 Å². The van der Waals surface area contributed by atoms with E-state index in [4.69, 9.17) is 4.42 Å². The molecule has 146 valence electrons. The number of carbonyl (C=O) groups is 2. The Morgan fingerprint density at radius 2 is 1.74 bits per heavy atom. The van der Waals surface area contributed by atoms with Crippen LogP contribution in [0.3, 0.4) is 0 Å². The number of oxazole rings is 1. The average molecular weight is 370 g/mol. The molecule has 0 unspecified atom stereocenters. The lowest BCUT2D eigenvalue weighted by atomic mass is 9.97. The SMILES string of the molecule is Cc1ccc(C(=O)CCC(=O)NCCCc2oc(C(C)(C)C)nc2C)cc1. The van der Waals surface area contributed by atoms with E-state index in [2.05, 4.69) is 31.1 Å². The largest absolute Gasteiger partial charge is 0.445 e. The zero-order valence-corrected chi connectivity index (χ0v) is 17.0. The number of nitrogens with one attached hydrogen (secondary N) is 1. The molecule has 1 aromatic carbocycles. The van der Waals surface area contributed by atoms with Gasteiger partial charge in [0.1, 0.15) is 5.76 Å². The molecule has 1 heterocycles. The summed E-state index contributed by atoms with van der Waals surface area (Å²) >= 11 is 0. The number of rotatable bonds is 8. The van der Waals surface area contributed by atoms with Crippen molar-refractivity contribution in [2.75, 3.05) is 6.54 Å². The normalized spacial score (nSPS) is 11.4. The van der Waals surface area contributed by atoms with Gasteiger partial charge in [-0.2, -0.15) is 0 Å². The standard InChI is InChI=1S/C22H30N2O3/c1-15-8-10-17(11-9-15)18(25)12-13-20(26)23-14-6-7-19-16(2)24-21(27-19)22(3,4)5/h8-11H,6-7,12-14H2,1-5H3,(H,23,26). The number of aryl methyl sites for hydroxylation is 3.